The molecule has 0 aromatic rings. The third kappa shape index (κ3) is 44.8. The minimum absolute atomic E-state index is 0.243. The molecule has 9 unspecified atom stereocenters. The van der Waals surface area contributed by atoms with E-state index in [4.69, 9.17) is 9.47 Å². The van der Waals surface area contributed by atoms with Gasteiger partial charge in [-0.05, 0) is 64.2 Å². The van der Waals surface area contributed by atoms with Gasteiger partial charge >= 0.3 is 0 Å². The quantitative estimate of drug-likeness (QED) is 0.0215. The van der Waals surface area contributed by atoms with Crippen molar-refractivity contribution in [1.82, 2.24) is 5.32 Å². The number of nitrogens with one attached hydrogen (secondary N) is 1. The summed E-state index contributed by atoms with van der Waals surface area (Å²) in [5.41, 5.74) is 0. The molecule has 0 spiro atoms. The Morgan fingerprint density at radius 1 is 0.425 bits per heavy atom. The summed E-state index contributed by atoms with van der Waals surface area (Å²) in [6, 6.07) is -1.19. The second-order valence-electron chi connectivity index (χ2n) is 24.2. The highest BCUT2D eigenvalue weighted by Crippen LogP contribution is 2.24. The molecule has 1 heterocycles. The van der Waals surface area contributed by atoms with E-state index in [-0.39, 0.29) is 12.8 Å². The van der Waals surface area contributed by atoms with Crippen LogP contribution in [-0.4, -0.2) is 110 Å². The first-order valence-corrected chi connectivity index (χ1v) is 34.4. The molecule has 9 atom stereocenters. The van der Waals surface area contributed by atoms with E-state index in [1.165, 1.54) is 238 Å². The Hall–Kier alpha value is -1.67. The van der Waals surface area contributed by atoms with Crippen LogP contribution in [0.1, 0.15) is 328 Å². The third-order valence-electron chi connectivity index (χ3n) is 16.7. The SMILES string of the molecule is CCCCCCCCCCCCC/C=C/CC/C=C/CC/C=C/CCCC(O)C(O)C(COC1OC(CO)C(O)C(O)C1O)NC(=O)C(O)CCCCCCCCCCCCCCCCCCCCCCCCCCCCCCC. The van der Waals surface area contributed by atoms with Crippen molar-refractivity contribution < 1.29 is 50.0 Å². The minimum Gasteiger partial charge on any atom is -0.394 e. The number of hydrogen-bond donors (Lipinski definition) is 8. The second-order valence-corrected chi connectivity index (χ2v) is 24.2. The van der Waals surface area contributed by atoms with E-state index in [0.29, 0.717) is 19.3 Å². The molecule has 0 aromatic heterocycles. The number of aliphatic hydroxyl groups excluding tert-OH is 7. The Balaban J connectivity index is 2.24. The fraction of sp³-hybridized carbons (Fsp3) is 0.899. The van der Waals surface area contributed by atoms with Crippen molar-refractivity contribution in [3.63, 3.8) is 0 Å². The molecule has 0 saturated carbocycles. The van der Waals surface area contributed by atoms with Crippen LogP contribution in [0.25, 0.3) is 0 Å². The standard InChI is InChI=1S/C69H131NO10/c1-3-5-7-9-11-13-15-17-19-21-23-25-27-29-30-31-32-33-35-37-39-41-43-45-47-49-51-53-55-57-62(73)68(78)70-60(59-79-69-67(77)66(76)65(75)63(58-71)80-69)64(74)61(72)56-54-52-50-48-46-44-42-40-38-36-34-28-26-24-22-20-18-16-14-12-10-8-6-4-2/h28,34,40,42,48,50,60-67,69,71-77H,3-27,29-33,35-39,41,43-47,49,51-59H2,1-2H3,(H,70,78)/b34-28+,42-40+,50-48+. The summed E-state index contributed by atoms with van der Waals surface area (Å²) in [6.45, 7) is 3.48. The topological polar surface area (TPSA) is 189 Å². The maximum absolute atomic E-state index is 13.2. The molecule has 8 N–H and O–H groups in total. The molecule has 1 aliphatic rings. The van der Waals surface area contributed by atoms with Gasteiger partial charge in [0.2, 0.25) is 5.91 Å². The number of carbonyl (C=O) groups excluding carboxylic acids is 1. The Labute approximate surface area is 492 Å². The van der Waals surface area contributed by atoms with Gasteiger partial charge in [-0.15, -0.1) is 0 Å². The van der Waals surface area contributed by atoms with Crippen LogP contribution in [0.15, 0.2) is 36.5 Å². The van der Waals surface area contributed by atoms with E-state index in [1.54, 1.807) is 0 Å². The van der Waals surface area contributed by atoms with Gasteiger partial charge in [-0.3, -0.25) is 4.79 Å². The highest BCUT2D eigenvalue weighted by atomic mass is 16.7. The van der Waals surface area contributed by atoms with E-state index in [0.717, 1.165) is 44.9 Å². The maximum Gasteiger partial charge on any atom is 0.249 e. The molecule has 1 amide bonds. The van der Waals surface area contributed by atoms with Gasteiger partial charge < -0.3 is 50.5 Å². The summed E-state index contributed by atoms with van der Waals surface area (Å²) in [4.78, 5) is 13.2. The lowest BCUT2D eigenvalue weighted by molar-refractivity contribution is -0.303. The molecule has 1 fully saturated rings. The van der Waals surface area contributed by atoms with Gasteiger partial charge in [0.05, 0.1) is 25.4 Å². The third-order valence-corrected chi connectivity index (χ3v) is 16.7. The predicted molar refractivity (Wildman–Crippen MR) is 335 cm³/mol. The number of hydrogen-bond acceptors (Lipinski definition) is 10. The molecule has 472 valence electrons. The minimum atomic E-state index is -1.67. The number of amides is 1. The second kappa shape index (κ2) is 57.7. The average molecular weight is 1130 g/mol. The van der Waals surface area contributed by atoms with Gasteiger partial charge in [0.15, 0.2) is 6.29 Å². The first kappa shape index (κ1) is 76.3. The summed E-state index contributed by atoms with van der Waals surface area (Å²) in [6.07, 6.45) is 62.3. The number of rotatable bonds is 60. The van der Waals surface area contributed by atoms with Crippen molar-refractivity contribution in [1.29, 1.82) is 0 Å². The largest absolute Gasteiger partial charge is 0.394 e. The Kier molecular flexibility index (Phi) is 55.1. The van der Waals surface area contributed by atoms with Crippen LogP contribution in [0.5, 0.6) is 0 Å². The highest BCUT2D eigenvalue weighted by molar-refractivity contribution is 5.80. The fourth-order valence-corrected chi connectivity index (χ4v) is 11.1. The van der Waals surface area contributed by atoms with Gasteiger partial charge in [-0.25, -0.2) is 0 Å². The summed E-state index contributed by atoms with van der Waals surface area (Å²) < 4.78 is 11.2. The van der Waals surface area contributed by atoms with E-state index < -0.39 is 74.2 Å². The molecular formula is C69H131NO10. The van der Waals surface area contributed by atoms with E-state index >= 15 is 0 Å². The van der Waals surface area contributed by atoms with Crippen molar-refractivity contribution >= 4 is 5.91 Å². The molecule has 0 bridgehead atoms. The van der Waals surface area contributed by atoms with Gasteiger partial charge in [0.25, 0.3) is 0 Å². The Morgan fingerprint density at radius 2 is 0.750 bits per heavy atom. The van der Waals surface area contributed by atoms with E-state index in [2.05, 4.69) is 55.6 Å². The number of allylic oxidation sites excluding steroid dienone is 6. The zero-order chi connectivity index (χ0) is 58.2. The van der Waals surface area contributed by atoms with Crippen molar-refractivity contribution in [2.45, 2.75) is 384 Å². The Bertz CT molecular complexity index is 1390. The number of unbranched alkanes of at least 4 members (excludes halogenated alkanes) is 42. The summed E-state index contributed by atoms with van der Waals surface area (Å²) >= 11 is 0. The van der Waals surface area contributed by atoms with Crippen LogP contribution in [0.4, 0.5) is 0 Å². The van der Waals surface area contributed by atoms with Crippen LogP contribution < -0.4 is 5.32 Å². The summed E-state index contributed by atoms with van der Waals surface area (Å²) in [5, 5.41) is 76.4. The van der Waals surface area contributed by atoms with E-state index in [9.17, 15) is 40.5 Å². The van der Waals surface area contributed by atoms with Gasteiger partial charge in [-0.2, -0.15) is 0 Å². The van der Waals surface area contributed by atoms with Crippen molar-refractivity contribution in [3.8, 4) is 0 Å². The molecule has 0 radical (unpaired) electrons. The Morgan fingerprint density at radius 3 is 1.11 bits per heavy atom. The molecule has 1 aliphatic heterocycles. The first-order valence-electron chi connectivity index (χ1n) is 34.4. The fourth-order valence-electron chi connectivity index (χ4n) is 11.1. The van der Waals surface area contributed by atoms with Crippen molar-refractivity contribution in [2.24, 2.45) is 0 Å². The van der Waals surface area contributed by atoms with Gasteiger partial charge in [-0.1, -0.05) is 301 Å². The van der Waals surface area contributed by atoms with Crippen LogP contribution in [0, 0.1) is 0 Å². The molecule has 11 heteroatoms. The smallest absolute Gasteiger partial charge is 0.249 e. The first-order chi connectivity index (χ1) is 39.2. The molecule has 80 heavy (non-hydrogen) atoms. The molecule has 0 aromatic carbocycles. The average Bonchev–Trinajstić information content (AvgIpc) is 3.46. The number of ether oxygens (including phenoxy) is 2. The monoisotopic (exact) mass is 1130 g/mol. The van der Waals surface area contributed by atoms with Crippen molar-refractivity contribution in [2.75, 3.05) is 13.2 Å². The van der Waals surface area contributed by atoms with Crippen LogP contribution in [-0.2, 0) is 14.3 Å². The zero-order valence-electron chi connectivity index (χ0n) is 52.1. The lowest BCUT2D eigenvalue weighted by Gasteiger charge is -2.40. The number of carbonyl (C=O) groups is 1. The zero-order valence-corrected chi connectivity index (χ0v) is 52.1. The molecule has 0 aliphatic carbocycles. The molecular weight excluding hydrogens is 1000 g/mol. The molecule has 1 saturated heterocycles. The lowest BCUT2D eigenvalue weighted by Crippen LogP contribution is -2.60. The normalized spacial score (nSPS) is 19.4. The van der Waals surface area contributed by atoms with Crippen LogP contribution in [0.2, 0.25) is 0 Å². The predicted octanol–water partition coefficient (Wildman–Crippen LogP) is 16.2. The lowest BCUT2D eigenvalue weighted by atomic mass is 9.98. The van der Waals surface area contributed by atoms with Crippen LogP contribution >= 0.6 is 0 Å². The van der Waals surface area contributed by atoms with Crippen molar-refractivity contribution in [3.05, 3.63) is 36.5 Å². The molecule has 1 rings (SSSR count). The maximum atomic E-state index is 13.2. The van der Waals surface area contributed by atoms with Gasteiger partial charge in [0, 0.05) is 0 Å². The highest BCUT2D eigenvalue weighted by Gasteiger charge is 2.44. The summed E-state index contributed by atoms with van der Waals surface area (Å²) in [5.74, 6) is -0.706. The van der Waals surface area contributed by atoms with Gasteiger partial charge in [0.1, 0.15) is 36.6 Å². The molecule has 11 nitrogen and oxygen atoms in total. The number of aliphatic hydroxyl groups is 7. The van der Waals surface area contributed by atoms with E-state index in [1.807, 2.05) is 0 Å². The van der Waals surface area contributed by atoms with Crippen LogP contribution in [0.3, 0.4) is 0 Å². The summed E-state index contributed by atoms with van der Waals surface area (Å²) in [7, 11) is 0.